The fraction of sp³-hybridized carbons (Fsp3) is 0.222. The van der Waals surface area contributed by atoms with Crippen LogP contribution in [0.3, 0.4) is 0 Å². The normalized spacial score (nSPS) is 16.0. The van der Waals surface area contributed by atoms with Crippen LogP contribution in [0.15, 0.2) is 77.6 Å². The van der Waals surface area contributed by atoms with Crippen molar-refractivity contribution < 1.29 is 4.79 Å². The predicted molar refractivity (Wildman–Crippen MR) is 134 cm³/mol. The highest BCUT2D eigenvalue weighted by Gasteiger charge is 2.33. The van der Waals surface area contributed by atoms with E-state index in [0.29, 0.717) is 47.8 Å². The van der Waals surface area contributed by atoms with E-state index in [1.54, 1.807) is 27.7 Å². The molecule has 1 aliphatic rings. The summed E-state index contributed by atoms with van der Waals surface area (Å²) in [5.41, 5.74) is 3.58. The van der Waals surface area contributed by atoms with E-state index >= 15 is 0 Å². The Hall–Kier alpha value is -3.64. The highest BCUT2D eigenvalue weighted by Crippen LogP contribution is 2.29. The molecule has 1 saturated heterocycles. The van der Waals surface area contributed by atoms with E-state index in [1.165, 1.54) is 0 Å². The van der Waals surface area contributed by atoms with Crippen molar-refractivity contribution in [3.05, 3.63) is 111 Å². The Bertz CT molecular complexity index is 1400. The summed E-state index contributed by atoms with van der Waals surface area (Å²) in [6, 6.07) is 22.6. The second-order valence-corrected chi connectivity index (χ2v) is 9.09. The van der Waals surface area contributed by atoms with E-state index in [-0.39, 0.29) is 17.6 Å². The quantitative estimate of drug-likeness (QED) is 0.441. The molecular formula is C27H25ClN4O2. The number of aromatic nitrogens is 2. The number of nitrogens with zero attached hydrogens (tertiary/aromatic N) is 3. The van der Waals surface area contributed by atoms with Crippen molar-refractivity contribution in [1.82, 2.24) is 19.8 Å². The number of nitrogens with one attached hydrogen (secondary N) is 1. The van der Waals surface area contributed by atoms with Crippen LogP contribution >= 0.6 is 11.6 Å². The first-order chi connectivity index (χ1) is 16.5. The number of hydrogen-bond donors (Lipinski definition) is 1. The summed E-state index contributed by atoms with van der Waals surface area (Å²) in [5.74, 6) is 0.575. The number of carbonyl (C=O) groups excluding carboxylic acids is 1. The van der Waals surface area contributed by atoms with Gasteiger partial charge >= 0.3 is 6.03 Å². The summed E-state index contributed by atoms with van der Waals surface area (Å²) < 4.78 is 1.71. The molecule has 1 fully saturated rings. The van der Waals surface area contributed by atoms with Gasteiger partial charge in [-0.15, -0.1) is 0 Å². The first-order valence-corrected chi connectivity index (χ1v) is 11.7. The molecule has 0 saturated carbocycles. The van der Waals surface area contributed by atoms with Gasteiger partial charge in [-0.3, -0.25) is 9.36 Å². The molecule has 0 aliphatic carbocycles. The zero-order valence-electron chi connectivity index (χ0n) is 18.9. The van der Waals surface area contributed by atoms with E-state index in [0.717, 1.165) is 16.7 Å². The summed E-state index contributed by atoms with van der Waals surface area (Å²) in [5, 5.41) is 3.97. The van der Waals surface area contributed by atoms with Gasteiger partial charge in [0.15, 0.2) is 0 Å². The molecule has 34 heavy (non-hydrogen) atoms. The van der Waals surface area contributed by atoms with E-state index in [1.807, 2.05) is 61.5 Å². The van der Waals surface area contributed by atoms with Crippen LogP contribution in [-0.4, -0.2) is 27.0 Å². The molecule has 0 bridgehead atoms. The number of amides is 2. The Morgan fingerprint density at radius 1 is 0.971 bits per heavy atom. The van der Waals surface area contributed by atoms with Crippen molar-refractivity contribution in [3.8, 4) is 0 Å². The van der Waals surface area contributed by atoms with E-state index in [9.17, 15) is 9.59 Å². The molecule has 2 heterocycles. The maximum absolute atomic E-state index is 13.7. The van der Waals surface area contributed by atoms with Gasteiger partial charge in [0.1, 0.15) is 5.82 Å². The lowest BCUT2D eigenvalue weighted by atomic mass is 10.1. The average Bonchev–Trinajstić information content (AvgIpc) is 2.84. The summed E-state index contributed by atoms with van der Waals surface area (Å²) in [4.78, 5) is 33.3. The molecule has 4 aromatic rings. The monoisotopic (exact) mass is 472 g/mol. The van der Waals surface area contributed by atoms with Crippen molar-refractivity contribution in [2.24, 2.45) is 0 Å². The summed E-state index contributed by atoms with van der Waals surface area (Å²) in [6.45, 7) is 3.35. The maximum Gasteiger partial charge on any atom is 0.318 e. The van der Waals surface area contributed by atoms with Gasteiger partial charge in [0.05, 0.1) is 23.5 Å². The Labute approximate surface area is 202 Å². The number of hydrogen-bond acceptors (Lipinski definition) is 3. The summed E-state index contributed by atoms with van der Waals surface area (Å²) in [7, 11) is 0. The lowest BCUT2D eigenvalue weighted by Crippen LogP contribution is -2.49. The topological polar surface area (TPSA) is 67.2 Å². The molecule has 1 aromatic heterocycles. The van der Waals surface area contributed by atoms with Gasteiger partial charge in [0.2, 0.25) is 0 Å². The number of aryl methyl sites for hydroxylation is 1. The minimum absolute atomic E-state index is 0.137. The second-order valence-electron chi connectivity index (χ2n) is 8.66. The zero-order valence-corrected chi connectivity index (χ0v) is 19.6. The van der Waals surface area contributed by atoms with Crippen LogP contribution in [0, 0.1) is 6.92 Å². The molecule has 0 radical (unpaired) electrons. The molecule has 1 atom stereocenters. The minimum atomic E-state index is -0.352. The molecule has 1 N–H and O–H groups in total. The highest BCUT2D eigenvalue weighted by molar-refractivity contribution is 6.31. The van der Waals surface area contributed by atoms with Crippen molar-refractivity contribution >= 4 is 28.5 Å². The fourth-order valence-electron chi connectivity index (χ4n) is 4.44. The van der Waals surface area contributed by atoms with Gasteiger partial charge < -0.3 is 10.2 Å². The smallest absolute Gasteiger partial charge is 0.318 e. The molecule has 0 spiro atoms. The van der Waals surface area contributed by atoms with Crippen molar-refractivity contribution in [1.29, 1.82) is 0 Å². The van der Waals surface area contributed by atoms with Gasteiger partial charge in [-0.25, -0.2) is 9.78 Å². The van der Waals surface area contributed by atoms with Gasteiger partial charge in [0.25, 0.3) is 5.56 Å². The van der Waals surface area contributed by atoms with Gasteiger partial charge in [-0.05, 0) is 42.7 Å². The predicted octanol–water partition coefficient (Wildman–Crippen LogP) is 5.06. The first kappa shape index (κ1) is 22.2. The number of urea groups is 1. The molecule has 5 rings (SSSR count). The lowest BCUT2D eigenvalue weighted by Gasteiger charge is -2.36. The van der Waals surface area contributed by atoms with Crippen LogP contribution in [0.1, 0.15) is 35.0 Å². The number of benzene rings is 3. The van der Waals surface area contributed by atoms with Crippen LogP contribution in [0.5, 0.6) is 0 Å². The third-order valence-electron chi connectivity index (χ3n) is 6.23. The molecule has 3 aromatic carbocycles. The van der Waals surface area contributed by atoms with Crippen LogP contribution in [0.4, 0.5) is 4.79 Å². The largest absolute Gasteiger partial charge is 0.338 e. The first-order valence-electron chi connectivity index (χ1n) is 11.3. The summed E-state index contributed by atoms with van der Waals surface area (Å²) in [6.07, 6.45) is 0.644. The molecule has 1 aliphatic heterocycles. The molecule has 7 heteroatoms. The van der Waals surface area contributed by atoms with Gasteiger partial charge in [0, 0.05) is 18.1 Å². The number of carbonyl (C=O) groups is 1. The molecule has 172 valence electrons. The number of fused-ring (bicyclic) bond motifs is 1. The number of rotatable bonds is 5. The van der Waals surface area contributed by atoms with Gasteiger partial charge in [-0.1, -0.05) is 71.8 Å². The fourth-order valence-corrected chi connectivity index (χ4v) is 4.61. The van der Waals surface area contributed by atoms with Crippen LogP contribution in [0.2, 0.25) is 5.02 Å². The average molecular weight is 473 g/mol. The van der Waals surface area contributed by atoms with E-state index in [2.05, 4.69) is 5.32 Å². The molecular weight excluding hydrogens is 448 g/mol. The SMILES string of the molecule is Cc1ccc(CN2C(=O)NCCC2c2nc3cc(Cl)ccc3c(=O)n2Cc2ccccc2)cc1. The minimum Gasteiger partial charge on any atom is -0.338 e. The van der Waals surface area contributed by atoms with E-state index < -0.39 is 0 Å². The van der Waals surface area contributed by atoms with Crippen molar-refractivity contribution in [3.63, 3.8) is 0 Å². The van der Waals surface area contributed by atoms with E-state index in [4.69, 9.17) is 16.6 Å². The maximum atomic E-state index is 13.7. The van der Waals surface area contributed by atoms with Crippen molar-refractivity contribution in [2.45, 2.75) is 32.5 Å². The molecule has 1 unspecified atom stereocenters. The third kappa shape index (κ3) is 4.41. The third-order valence-corrected chi connectivity index (χ3v) is 6.47. The second kappa shape index (κ2) is 9.31. The number of halogens is 1. The Balaban J connectivity index is 1.64. The highest BCUT2D eigenvalue weighted by atomic mass is 35.5. The van der Waals surface area contributed by atoms with Crippen LogP contribution in [0.25, 0.3) is 10.9 Å². The molecule has 2 amide bonds. The molecule has 6 nitrogen and oxygen atoms in total. The summed E-state index contributed by atoms with van der Waals surface area (Å²) >= 11 is 6.23. The Morgan fingerprint density at radius 3 is 2.47 bits per heavy atom. The zero-order chi connectivity index (χ0) is 23.7. The van der Waals surface area contributed by atoms with Crippen LogP contribution < -0.4 is 10.9 Å². The van der Waals surface area contributed by atoms with Crippen LogP contribution in [-0.2, 0) is 13.1 Å². The Kier molecular flexibility index (Phi) is 6.07. The standard InChI is InChI=1S/C27H25ClN4O2/c1-18-7-9-20(10-8-18)16-31-24(13-14-29-27(31)34)25-30-23-15-21(28)11-12-22(23)26(33)32(25)17-19-5-3-2-4-6-19/h2-12,15,24H,13-14,16-17H2,1H3,(H,29,34). The lowest BCUT2D eigenvalue weighted by molar-refractivity contribution is 0.144. The Morgan fingerprint density at radius 2 is 1.71 bits per heavy atom. The van der Waals surface area contributed by atoms with Crippen molar-refractivity contribution in [2.75, 3.05) is 6.54 Å². The van der Waals surface area contributed by atoms with Gasteiger partial charge in [-0.2, -0.15) is 0 Å².